The summed E-state index contributed by atoms with van der Waals surface area (Å²) in [4.78, 5) is 46.2. The lowest BCUT2D eigenvalue weighted by molar-refractivity contribution is -0.156. The van der Waals surface area contributed by atoms with Crippen molar-refractivity contribution in [3.05, 3.63) is 0 Å². The molecule has 2 bridgehead atoms. The van der Waals surface area contributed by atoms with Crippen LogP contribution in [0.1, 0.15) is 32.1 Å². The van der Waals surface area contributed by atoms with Crippen LogP contribution >= 0.6 is 0 Å². The Bertz CT molecular complexity index is 446. The second kappa shape index (κ2) is 6.69. The molecule has 3 atom stereocenters. The molecular weight excluding hydrogens is 276 g/mol. The van der Waals surface area contributed by atoms with Crippen LogP contribution in [-0.2, 0) is 19.1 Å². The van der Waals surface area contributed by atoms with Crippen molar-refractivity contribution < 1.29 is 23.9 Å². The Morgan fingerprint density at radius 1 is 1.19 bits per heavy atom. The molecule has 0 aromatic carbocycles. The van der Waals surface area contributed by atoms with Gasteiger partial charge >= 0.3 is 12.0 Å². The average molecular weight is 296 g/mol. The number of hydrogen-bond donors (Lipinski definition) is 2. The third kappa shape index (κ3) is 3.80. The number of rotatable bonds is 3. The van der Waals surface area contributed by atoms with E-state index >= 15 is 0 Å². The Hall–Kier alpha value is -1.92. The van der Waals surface area contributed by atoms with Gasteiger partial charge in [0, 0.05) is 18.9 Å². The highest BCUT2D eigenvalue weighted by atomic mass is 16.5. The highest BCUT2D eigenvalue weighted by molar-refractivity contribution is 5.95. The molecule has 2 rings (SSSR count). The van der Waals surface area contributed by atoms with Gasteiger partial charge in [0.2, 0.25) is 0 Å². The Labute approximate surface area is 122 Å². The molecule has 116 valence electrons. The first-order valence-corrected chi connectivity index (χ1v) is 7.23. The minimum absolute atomic E-state index is 0.0326. The first kappa shape index (κ1) is 15.5. The van der Waals surface area contributed by atoms with Crippen LogP contribution < -0.4 is 10.6 Å². The van der Waals surface area contributed by atoms with Crippen LogP contribution in [0.4, 0.5) is 4.79 Å². The summed E-state index contributed by atoms with van der Waals surface area (Å²) < 4.78 is 4.95. The monoisotopic (exact) mass is 296 g/mol. The van der Waals surface area contributed by atoms with Crippen LogP contribution in [0.15, 0.2) is 0 Å². The number of urea groups is 1. The summed E-state index contributed by atoms with van der Waals surface area (Å²) in [6.07, 6.45) is 3.76. The first-order chi connectivity index (χ1) is 10.0. The highest BCUT2D eigenvalue weighted by Crippen LogP contribution is 2.40. The van der Waals surface area contributed by atoms with E-state index in [2.05, 4.69) is 5.32 Å². The fraction of sp³-hybridized carbons (Fsp3) is 0.714. The Balaban J connectivity index is 1.80. The van der Waals surface area contributed by atoms with Crippen LogP contribution in [0.2, 0.25) is 0 Å². The number of imide groups is 1. The summed E-state index contributed by atoms with van der Waals surface area (Å²) in [5.74, 6) is -1.22. The van der Waals surface area contributed by atoms with E-state index in [0.717, 1.165) is 19.3 Å². The van der Waals surface area contributed by atoms with E-state index in [1.165, 1.54) is 7.05 Å². The van der Waals surface area contributed by atoms with Gasteiger partial charge in [-0.3, -0.25) is 19.7 Å². The van der Waals surface area contributed by atoms with Gasteiger partial charge in [0.05, 0.1) is 5.92 Å². The fourth-order valence-corrected chi connectivity index (χ4v) is 3.15. The van der Waals surface area contributed by atoms with E-state index in [9.17, 15) is 19.2 Å². The van der Waals surface area contributed by atoms with Crippen molar-refractivity contribution in [2.24, 2.45) is 17.8 Å². The maximum atomic E-state index is 12.0. The number of carbonyl (C=O) groups is 4. The zero-order valence-electron chi connectivity index (χ0n) is 12.0. The smallest absolute Gasteiger partial charge is 0.321 e. The number of amides is 3. The number of hydrogen-bond acceptors (Lipinski definition) is 5. The molecule has 0 aromatic rings. The van der Waals surface area contributed by atoms with Gasteiger partial charge in [0.25, 0.3) is 5.91 Å². The number of Topliss-reactive ketones (excluding diaryl/α,β-unsaturated/α-hetero) is 1. The summed E-state index contributed by atoms with van der Waals surface area (Å²) in [6.45, 7) is -0.480. The molecular formula is C14H20N2O5. The Kier molecular flexibility index (Phi) is 4.93. The van der Waals surface area contributed by atoms with Crippen molar-refractivity contribution in [2.75, 3.05) is 13.7 Å². The quantitative estimate of drug-likeness (QED) is 0.733. The molecule has 3 amide bonds. The van der Waals surface area contributed by atoms with Gasteiger partial charge in [0.1, 0.15) is 5.78 Å². The van der Waals surface area contributed by atoms with Crippen molar-refractivity contribution in [1.29, 1.82) is 0 Å². The van der Waals surface area contributed by atoms with Crippen LogP contribution in [-0.4, -0.2) is 37.3 Å². The van der Waals surface area contributed by atoms with E-state index in [0.29, 0.717) is 12.8 Å². The summed E-state index contributed by atoms with van der Waals surface area (Å²) >= 11 is 0. The fourth-order valence-electron chi connectivity index (χ4n) is 3.15. The van der Waals surface area contributed by atoms with Crippen molar-refractivity contribution in [3.8, 4) is 0 Å². The lowest BCUT2D eigenvalue weighted by Gasteiger charge is -2.36. The predicted molar refractivity (Wildman–Crippen MR) is 72.1 cm³/mol. The molecule has 0 spiro atoms. The molecule has 2 fully saturated rings. The molecule has 2 aliphatic carbocycles. The summed E-state index contributed by atoms with van der Waals surface area (Å²) in [5.41, 5.74) is 0. The van der Waals surface area contributed by atoms with E-state index < -0.39 is 24.5 Å². The number of ketones is 1. The van der Waals surface area contributed by atoms with Gasteiger partial charge in [-0.15, -0.1) is 0 Å². The van der Waals surface area contributed by atoms with Gasteiger partial charge in [-0.1, -0.05) is 6.42 Å². The number of esters is 1. The second-order valence-corrected chi connectivity index (χ2v) is 5.63. The predicted octanol–water partition coefficient (Wildman–Crippen LogP) is 0.381. The SMILES string of the molecule is CNC(=O)NC(=O)COC(=O)C1C[C@H]2CCC[C@@H](C1)C2=O. The largest absolute Gasteiger partial charge is 0.455 e. The van der Waals surface area contributed by atoms with Gasteiger partial charge in [-0.2, -0.15) is 0 Å². The van der Waals surface area contributed by atoms with Gasteiger partial charge < -0.3 is 10.1 Å². The van der Waals surface area contributed by atoms with E-state index in [1.807, 2.05) is 5.32 Å². The number of fused-ring (bicyclic) bond motifs is 2. The molecule has 0 aromatic heterocycles. The molecule has 7 heteroatoms. The van der Waals surface area contributed by atoms with Crippen molar-refractivity contribution in [2.45, 2.75) is 32.1 Å². The normalized spacial score (nSPS) is 27.7. The van der Waals surface area contributed by atoms with E-state index in [-0.39, 0.29) is 23.5 Å². The Morgan fingerprint density at radius 3 is 2.38 bits per heavy atom. The van der Waals surface area contributed by atoms with E-state index in [1.54, 1.807) is 0 Å². The summed E-state index contributed by atoms with van der Waals surface area (Å²) in [6, 6.07) is -0.645. The lowest BCUT2D eigenvalue weighted by atomic mass is 9.67. The Morgan fingerprint density at radius 2 is 1.81 bits per heavy atom. The average Bonchev–Trinajstić information content (AvgIpc) is 2.44. The molecule has 0 aliphatic heterocycles. The van der Waals surface area contributed by atoms with Crippen LogP contribution in [0.5, 0.6) is 0 Å². The van der Waals surface area contributed by atoms with Crippen LogP contribution in [0, 0.1) is 17.8 Å². The first-order valence-electron chi connectivity index (χ1n) is 7.23. The second-order valence-electron chi connectivity index (χ2n) is 5.63. The summed E-state index contributed by atoms with van der Waals surface area (Å²) in [7, 11) is 1.38. The molecule has 2 aliphatic rings. The molecule has 7 nitrogen and oxygen atoms in total. The third-order valence-corrected chi connectivity index (χ3v) is 4.21. The molecule has 0 radical (unpaired) electrons. The molecule has 2 saturated carbocycles. The van der Waals surface area contributed by atoms with Gasteiger partial charge in [0.15, 0.2) is 6.61 Å². The van der Waals surface area contributed by atoms with Crippen molar-refractivity contribution in [1.82, 2.24) is 10.6 Å². The number of carbonyl (C=O) groups excluding carboxylic acids is 4. The third-order valence-electron chi connectivity index (χ3n) is 4.21. The molecule has 0 heterocycles. The molecule has 21 heavy (non-hydrogen) atoms. The lowest BCUT2D eigenvalue weighted by Crippen LogP contribution is -2.42. The minimum Gasteiger partial charge on any atom is -0.455 e. The molecule has 2 N–H and O–H groups in total. The topological polar surface area (TPSA) is 102 Å². The van der Waals surface area contributed by atoms with Crippen molar-refractivity contribution in [3.63, 3.8) is 0 Å². The highest BCUT2D eigenvalue weighted by Gasteiger charge is 2.41. The summed E-state index contributed by atoms with van der Waals surface area (Å²) in [5, 5.41) is 4.24. The zero-order chi connectivity index (χ0) is 15.4. The number of nitrogens with one attached hydrogen (secondary N) is 2. The maximum absolute atomic E-state index is 12.0. The number of ether oxygens (including phenoxy) is 1. The molecule has 1 unspecified atom stereocenters. The van der Waals surface area contributed by atoms with Crippen LogP contribution in [0.3, 0.4) is 0 Å². The van der Waals surface area contributed by atoms with Gasteiger partial charge in [-0.05, 0) is 25.7 Å². The van der Waals surface area contributed by atoms with Gasteiger partial charge in [-0.25, -0.2) is 4.79 Å². The van der Waals surface area contributed by atoms with Crippen LogP contribution in [0.25, 0.3) is 0 Å². The zero-order valence-corrected chi connectivity index (χ0v) is 12.0. The standard InChI is InChI=1S/C14H20N2O5/c1-15-14(20)16-11(17)7-21-13(19)10-5-8-3-2-4-9(6-10)12(8)18/h8-10H,2-7H2,1H3,(H2,15,16,17,20)/t8-,9+,10?. The maximum Gasteiger partial charge on any atom is 0.321 e. The van der Waals surface area contributed by atoms with E-state index in [4.69, 9.17) is 4.74 Å². The van der Waals surface area contributed by atoms with Crippen molar-refractivity contribution >= 4 is 23.7 Å². The minimum atomic E-state index is -0.672. The molecule has 0 saturated heterocycles.